The first-order chi connectivity index (χ1) is 10.6. The standard InChI is InChI=1S/C17H17ClN4/c1-11-8-14(9-12(2)15(11)18)21-16(17-19-10-20-22-17)13-6-4-3-5-7-13/h3-10,16,21H,1-2H3,(H,19,20,22). The Morgan fingerprint density at radius 3 is 2.36 bits per heavy atom. The number of rotatable bonds is 4. The van der Waals surface area contributed by atoms with Gasteiger partial charge in [-0.25, -0.2) is 4.98 Å². The molecule has 0 saturated carbocycles. The van der Waals surface area contributed by atoms with Crippen LogP contribution in [0.4, 0.5) is 5.69 Å². The molecule has 2 aromatic carbocycles. The van der Waals surface area contributed by atoms with Crippen LogP contribution in [0.25, 0.3) is 0 Å². The molecule has 0 amide bonds. The van der Waals surface area contributed by atoms with E-state index in [1.165, 1.54) is 6.33 Å². The minimum Gasteiger partial charge on any atom is -0.371 e. The number of hydrogen-bond acceptors (Lipinski definition) is 3. The van der Waals surface area contributed by atoms with Crippen molar-refractivity contribution in [3.63, 3.8) is 0 Å². The molecule has 22 heavy (non-hydrogen) atoms. The number of nitrogens with one attached hydrogen (secondary N) is 2. The molecule has 1 unspecified atom stereocenters. The summed E-state index contributed by atoms with van der Waals surface area (Å²) in [6, 6.07) is 14.1. The third-order valence-corrected chi connectivity index (χ3v) is 4.18. The lowest BCUT2D eigenvalue weighted by Crippen LogP contribution is -2.14. The Bertz CT molecular complexity index is 731. The van der Waals surface area contributed by atoms with Crippen molar-refractivity contribution in [1.82, 2.24) is 15.2 Å². The highest BCUT2D eigenvalue weighted by Gasteiger charge is 2.17. The first-order valence-corrected chi connectivity index (χ1v) is 7.46. The van der Waals surface area contributed by atoms with Crippen LogP contribution in [-0.2, 0) is 0 Å². The fourth-order valence-electron chi connectivity index (χ4n) is 2.50. The third-order valence-electron chi connectivity index (χ3n) is 3.59. The fourth-order valence-corrected chi connectivity index (χ4v) is 2.61. The van der Waals surface area contributed by atoms with E-state index in [4.69, 9.17) is 11.6 Å². The van der Waals surface area contributed by atoms with Crippen LogP contribution in [0, 0.1) is 13.8 Å². The Morgan fingerprint density at radius 2 is 1.77 bits per heavy atom. The van der Waals surface area contributed by atoms with Gasteiger partial charge in [0.2, 0.25) is 0 Å². The fraction of sp³-hybridized carbons (Fsp3) is 0.176. The summed E-state index contributed by atoms with van der Waals surface area (Å²) in [6.45, 7) is 4.01. The zero-order valence-electron chi connectivity index (χ0n) is 12.5. The van der Waals surface area contributed by atoms with E-state index in [0.29, 0.717) is 0 Å². The van der Waals surface area contributed by atoms with Gasteiger partial charge in [0.05, 0.1) is 0 Å². The molecule has 3 aromatic rings. The average molecular weight is 313 g/mol. The van der Waals surface area contributed by atoms with Crippen LogP contribution in [0.2, 0.25) is 5.02 Å². The SMILES string of the molecule is Cc1cc(NC(c2ccccc2)c2ncn[nH]2)cc(C)c1Cl. The van der Waals surface area contributed by atoms with Crippen LogP contribution >= 0.6 is 11.6 Å². The third kappa shape index (κ3) is 2.97. The molecular formula is C17H17ClN4. The van der Waals surface area contributed by atoms with Gasteiger partial charge in [-0.2, -0.15) is 5.10 Å². The molecule has 0 aliphatic carbocycles. The van der Waals surface area contributed by atoms with Crippen molar-refractivity contribution in [2.24, 2.45) is 0 Å². The highest BCUT2D eigenvalue weighted by molar-refractivity contribution is 6.32. The first-order valence-electron chi connectivity index (χ1n) is 7.08. The number of benzene rings is 2. The van der Waals surface area contributed by atoms with E-state index in [1.807, 2.05) is 44.2 Å². The molecule has 1 atom stereocenters. The zero-order chi connectivity index (χ0) is 15.5. The van der Waals surface area contributed by atoms with E-state index in [0.717, 1.165) is 33.2 Å². The second kappa shape index (κ2) is 6.20. The van der Waals surface area contributed by atoms with Crippen molar-refractivity contribution < 1.29 is 0 Å². The van der Waals surface area contributed by atoms with Crippen molar-refractivity contribution in [3.8, 4) is 0 Å². The highest BCUT2D eigenvalue weighted by Crippen LogP contribution is 2.29. The van der Waals surface area contributed by atoms with Crippen LogP contribution in [0.1, 0.15) is 28.6 Å². The quantitative estimate of drug-likeness (QED) is 0.756. The Balaban J connectivity index is 1.98. The van der Waals surface area contributed by atoms with Gasteiger partial charge in [0.25, 0.3) is 0 Å². The number of H-pyrrole nitrogens is 1. The smallest absolute Gasteiger partial charge is 0.151 e. The molecule has 1 heterocycles. The van der Waals surface area contributed by atoms with Gasteiger partial charge < -0.3 is 5.32 Å². The van der Waals surface area contributed by atoms with E-state index < -0.39 is 0 Å². The summed E-state index contributed by atoms with van der Waals surface area (Å²) in [6.07, 6.45) is 1.52. The van der Waals surface area contributed by atoms with Crippen LogP contribution in [0.5, 0.6) is 0 Å². The molecule has 3 rings (SSSR count). The van der Waals surface area contributed by atoms with E-state index in [-0.39, 0.29) is 6.04 Å². The van der Waals surface area contributed by atoms with Crippen LogP contribution in [0.15, 0.2) is 48.8 Å². The summed E-state index contributed by atoms with van der Waals surface area (Å²) in [7, 11) is 0. The van der Waals surface area contributed by atoms with Gasteiger partial charge in [0.15, 0.2) is 5.82 Å². The number of aryl methyl sites for hydroxylation is 2. The Morgan fingerprint density at radius 1 is 1.09 bits per heavy atom. The minimum absolute atomic E-state index is 0.0938. The van der Waals surface area contributed by atoms with Gasteiger partial charge in [-0.05, 0) is 42.7 Å². The maximum atomic E-state index is 6.25. The maximum absolute atomic E-state index is 6.25. The maximum Gasteiger partial charge on any atom is 0.151 e. The Labute approximate surface area is 134 Å². The molecule has 0 bridgehead atoms. The van der Waals surface area contributed by atoms with Gasteiger partial charge in [-0.3, -0.25) is 5.10 Å². The van der Waals surface area contributed by atoms with Crippen molar-refractivity contribution in [1.29, 1.82) is 0 Å². The normalized spacial score (nSPS) is 12.1. The Hall–Kier alpha value is -2.33. The second-order valence-electron chi connectivity index (χ2n) is 5.28. The number of halogens is 1. The molecule has 2 N–H and O–H groups in total. The lowest BCUT2D eigenvalue weighted by molar-refractivity contribution is 0.836. The lowest BCUT2D eigenvalue weighted by atomic mass is 10.0. The molecular weight excluding hydrogens is 296 g/mol. The molecule has 0 aliphatic heterocycles. The molecule has 0 fully saturated rings. The van der Waals surface area contributed by atoms with Crippen LogP contribution < -0.4 is 5.32 Å². The van der Waals surface area contributed by atoms with E-state index in [2.05, 4.69) is 32.6 Å². The molecule has 1 aromatic heterocycles. The average Bonchev–Trinajstić information content (AvgIpc) is 3.05. The topological polar surface area (TPSA) is 53.6 Å². The number of hydrogen-bond donors (Lipinski definition) is 2. The monoisotopic (exact) mass is 312 g/mol. The van der Waals surface area contributed by atoms with Crippen molar-refractivity contribution in [3.05, 3.63) is 76.3 Å². The second-order valence-corrected chi connectivity index (χ2v) is 5.66. The number of anilines is 1. The van der Waals surface area contributed by atoms with E-state index in [1.54, 1.807) is 0 Å². The summed E-state index contributed by atoms with van der Waals surface area (Å²) in [5.74, 6) is 0.774. The predicted molar refractivity (Wildman–Crippen MR) is 89.2 cm³/mol. The van der Waals surface area contributed by atoms with E-state index in [9.17, 15) is 0 Å². The molecule has 0 radical (unpaired) electrons. The number of nitrogens with zero attached hydrogens (tertiary/aromatic N) is 2. The largest absolute Gasteiger partial charge is 0.371 e. The minimum atomic E-state index is -0.0938. The van der Waals surface area contributed by atoms with Crippen LogP contribution in [0.3, 0.4) is 0 Å². The molecule has 112 valence electrons. The molecule has 0 aliphatic rings. The van der Waals surface area contributed by atoms with Gasteiger partial charge in [-0.15, -0.1) is 0 Å². The first kappa shape index (κ1) is 14.6. The number of aromatic nitrogens is 3. The summed E-state index contributed by atoms with van der Waals surface area (Å²) in [5, 5.41) is 11.2. The van der Waals surface area contributed by atoms with Gasteiger partial charge >= 0.3 is 0 Å². The lowest BCUT2D eigenvalue weighted by Gasteiger charge is -2.19. The summed E-state index contributed by atoms with van der Waals surface area (Å²) in [5.41, 5.74) is 4.22. The molecule has 0 spiro atoms. The van der Waals surface area contributed by atoms with Gasteiger partial charge in [0, 0.05) is 10.7 Å². The van der Waals surface area contributed by atoms with Gasteiger partial charge in [0.1, 0.15) is 12.4 Å². The molecule has 4 nitrogen and oxygen atoms in total. The van der Waals surface area contributed by atoms with Gasteiger partial charge in [-0.1, -0.05) is 41.9 Å². The predicted octanol–water partition coefficient (Wildman–Crippen LogP) is 4.28. The van der Waals surface area contributed by atoms with Crippen molar-refractivity contribution in [2.45, 2.75) is 19.9 Å². The van der Waals surface area contributed by atoms with Crippen LogP contribution in [-0.4, -0.2) is 15.2 Å². The highest BCUT2D eigenvalue weighted by atomic mass is 35.5. The summed E-state index contributed by atoms with van der Waals surface area (Å²) in [4.78, 5) is 4.30. The summed E-state index contributed by atoms with van der Waals surface area (Å²) >= 11 is 6.25. The Kier molecular flexibility index (Phi) is 4.11. The summed E-state index contributed by atoms with van der Waals surface area (Å²) < 4.78 is 0. The van der Waals surface area contributed by atoms with E-state index >= 15 is 0 Å². The molecule has 0 saturated heterocycles. The zero-order valence-corrected chi connectivity index (χ0v) is 13.2. The van der Waals surface area contributed by atoms with Crippen molar-refractivity contribution >= 4 is 17.3 Å². The molecule has 5 heteroatoms. The number of aromatic amines is 1. The van der Waals surface area contributed by atoms with Crippen molar-refractivity contribution in [2.75, 3.05) is 5.32 Å².